The zero-order chi connectivity index (χ0) is 13.7. The van der Waals surface area contributed by atoms with E-state index in [0.717, 1.165) is 17.7 Å². The molecule has 1 aromatic carbocycles. The van der Waals surface area contributed by atoms with Gasteiger partial charge in [-0.25, -0.2) is 9.97 Å². The predicted molar refractivity (Wildman–Crippen MR) is 78.9 cm³/mol. The highest BCUT2D eigenvalue weighted by molar-refractivity contribution is 5.62. The van der Waals surface area contributed by atoms with E-state index in [1.165, 1.54) is 5.56 Å². The molecule has 0 radical (unpaired) electrons. The lowest BCUT2D eigenvalue weighted by atomic mass is 10.1. The minimum atomic E-state index is 0.417. The van der Waals surface area contributed by atoms with E-state index in [9.17, 15) is 0 Å². The van der Waals surface area contributed by atoms with E-state index in [1.54, 1.807) is 0 Å². The molecule has 3 N–H and O–H groups in total. The summed E-state index contributed by atoms with van der Waals surface area (Å²) in [6, 6.07) is 8.34. The van der Waals surface area contributed by atoms with Crippen molar-refractivity contribution in [3.05, 3.63) is 42.2 Å². The number of rotatable bonds is 5. The highest BCUT2D eigenvalue weighted by Gasteiger charge is 2.02. The summed E-state index contributed by atoms with van der Waals surface area (Å²) >= 11 is 0. The molecule has 1 unspecified atom stereocenters. The van der Waals surface area contributed by atoms with Crippen LogP contribution in [-0.4, -0.2) is 23.1 Å². The Balaban J connectivity index is 2.04. The lowest BCUT2D eigenvalue weighted by molar-refractivity contribution is 0.625. The molecule has 0 saturated heterocycles. The van der Waals surface area contributed by atoms with Crippen molar-refractivity contribution in [2.45, 2.75) is 13.8 Å². The van der Waals surface area contributed by atoms with Gasteiger partial charge in [-0.3, -0.25) is 0 Å². The molecule has 4 nitrogen and oxygen atoms in total. The highest BCUT2D eigenvalue weighted by atomic mass is 15.1. The molecule has 2 rings (SSSR count). The summed E-state index contributed by atoms with van der Waals surface area (Å²) in [6.45, 7) is 5.62. The van der Waals surface area contributed by atoms with Gasteiger partial charge < -0.3 is 11.1 Å². The van der Waals surface area contributed by atoms with Gasteiger partial charge in [-0.2, -0.15) is 0 Å². The third-order valence-corrected chi connectivity index (χ3v) is 3.05. The standard InChI is InChI=1S/C15H20N4/c1-11-3-5-13(6-4-11)14-9-18-15(19-10-14)17-8-12(2)7-16/h3-6,9-10,12H,7-8,16H2,1-2H3,(H,17,18,19). The molecule has 100 valence electrons. The first-order chi connectivity index (χ1) is 9.19. The SMILES string of the molecule is Cc1ccc(-c2cnc(NCC(C)CN)nc2)cc1. The van der Waals surface area contributed by atoms with Crippen LogP contribution in [0.4, 0.5) is 5.95 Å². The van der Waals surface area contributed by atoms with Gasteiger partial charge in [0.05, 0.1) is 0 Å². The molecule has 4 heteroatoms. The Kier molecular flexibility index (Phi) is 4.47. The summed E-state index contributed by atoms with van der Waals surface area (Å²) in [5.41, 5.74) is 8.97. The fourth-order valence-electron chi connectivity index (χ4n) is 1.66. The average molecular weight is 256 g/mol. The van der Waals surface area contributed by atoms with E-state index in [-0.39, 0.29) is 0 Å². The van der Waals surface area contributed by atoms with Crippen molar-refractivity contribution >= 4 is 5.95 Å². The zero-order valence-electron chi connectivity index (χ0n) is 11.4. The molecular weight excluding hydrogens is 236 g/mol. The lowest BCUT2D eigenvalue weighted by Gasteiger charge is -2.10. The number of aromatic nitrogens is 2. The fourth-order valence-corrected chi connectivity index (χ4v) is 1.66. The minimum absolute atomic E-state index is 0.417. The molecule has 0 amide bonds. The maximum absolute atomic E-state index is 5.57. The molecule has 2 aromatic rings. The summed E-state index contributed by atoms with van der Waals surface area (Å²) in [5.74, 6) is 1.07. The van der Waals surface area contributed by atoms with Crippen molar-refractivity contribution < 1.29 is 0 Å². The number of benzene rings is 1. The van der Waals surface area contributed by atoms with Crippen LogP contribution in [0.5, 0.6) is 0 Å². The maximum atomic E-state index is 5.57. The molecule has 0 fully saturated rings. The van der Waals surface area contributed by atoms with Crippen molar-refractivity contribution in [2.75, 3.05) is 18.4 Å². The van der Waals surface area contributed by atoms with Gasteiger partial charge in [0.25, 0.3) is 0 Å². The molecule has 1 aromatic heterocycles. The summed E-state index contributed by atoms with van der Waals surface area (Å²) in [5, 5.41) is 3.18. The topological polar surface area (TPSA) is 63.8 Å². The second-order valence-electron chi connectivity index (χ2n) is 4.88. The van der Waals surface area contributed by atoms with Crippen molar-refractivity contribution in [3.63, 3.8) is 0 Å². The second kappa shape index (κ2) is 6.29. The van der Waals surface area contributed by atoms with Crippen LogP contribution in [0.1, 0.15) is 12.5 Å². The van der Waals surface area contributed by atoms with Gasteiger partial charge in [0.15, 0.2) is 0 Å². The van der Waals surface area contributed by atoms with Gasteiger partial charge in [0, 0.05) is 24.5 Å². The van der Waals surface area contributed by atoms with Gasteiger partial charge >= 0.3 is 0 Å². The number of anilines is 1. The highest BCUT2D eigenvalue weighted by Crippen LogP contribution is 2.18. The molecule has 0 spiro atoms. The smallest absolute Gasteiger partial charge is 0.222 e. The fraction of sp³-hybridized carbons (Fsp3) is 0.333. The molecule has 1 atom stereocenters. The Labute approximate surface area is 114 Å². The molecule has 0 saturated carbocycles. The van der Waals surface area contributed by atoms with Crippen LogP contribution in [0.15, 0.2) is 36.7 Å². The van der Waals surface area contributed by atoms with Crippen molar-refractivity contribution in [3.8, 4) is 11.1 Å². The summed E-state index contributed by atoms with van der Waals surface area (Å²) in [4.78, 5) is 8.64. The third kappa shape index (κ3) is 3.76. The largest absolute Gasteiger partial charge is 0.354 e. The van der Waals surface area contributed by atoms with E-state index in [0.29, 0.717) is 18.4 Å². The van der Waals surface area contributed by atoms with Gasteiger partial charge in [0.2, 0.25) is 5.95 Å². The van der Waals surface area contributed by atoms with Gasteiger partial charge in [-0.1, -0.05) is 36.8 Å². The van der Waals surface area contributed by atoms with Crippen molar-refractivity contribution in [1.29, 1.82) is 0 Å². The Morgan fingerprint density at radius 1 is 1.11 bits per heavy atom. The Bertz CT molecular complexity index is 505. The van der Waals surface area contributed by atoms with Gasteiger partial charge in [-0.05, 0) is 24.9 Å². The van der Waals surface area contributed by atoms with E-state index in [4.69, 9.17) is 5.73 Å². The number of hydrogen-bond donors (Lipinski definition) is 2. The first kappa shape index (κ1) is 13.5. The summed E-state index contributed by atoms with van der Waals surface area (Å²) in [7, 11) is 0. The number of nitrogens with one attached hydrogen (secondary N) is 1. The van der Waals surface area contributed by atoms with Crippen molar-refractivity contribution in [2.24, 2.45) is 11.7 Å². The Hall–Kier alpha value is -1.94. The Morgan fingerprint density at radius 2 is 1.74 bits per heavy atom. The maximum Gasteiger partial charge on any atom is 0.222 e. The number of aryl methyl sites for hydroxylation is 1. The number of nitrogens with two attached hydrogens (primary N) is 1. The molecule has 0 aliphatic carbocycles. The number of hydrogen-bond acceptors (Lipinski definition) is 4. The first-order valence-electron chi connectivity index (χ1n) is 6.52. The van der Waals surface area contributed by atoms with Crippen LogP contribution >= 0.6 is 0 Å². The summed E-state index contributed by atoms with van der Waals surface area (Å²) in [6.07, 6.45) is 3.68. The van der Waals surface area contributed by atoms with Crippen LogP contribution in [-0.2, 0) is 0 Å². The van der Waals surface area contributed by atoms with Crippen molar-refractivity contribution in [1.82, 2.24) is 9.97 Å². The monoisotopic (exact) mass is 256 g/mol. The Morgan fingerprint density at radius 3 is 2.32 bits per heavy atom. The van der Waals surface area contributed by atoms with Gasteiger partial charge in [0.1, 0.15) is 0 Å². The minimum Gasteiger partial charge on any atom is -0.354 e. The molecule has 0 bridgehead atoms. The first-order valence-corrected chi connectivity index (χ1v) is 6.52. The average Bonchev–Trinajstić information content (AvgIpc) is 2.46. The predicted octanol–water partition coefficient (Wildman–Crippen LogP) is 2.46. The van der Waals surface area contributed by atoms with E-state index < -0.39 is 0 Å². The van der Waals surface area contributed by atoms with Crippen LogP contribution in [0, 0.1) is 12.8 Å². The van der Waals surface area contributed by atoms with E-state index in [1.807, 2.05) is 12.4 Å². The van der Waals surface area contributed by atoms with Crippen LogP contribution in [0.3, 0.4) is 0 Å². The molecule has 0 aliphatic rings. The molecular formula is C15H20N4. The van der Waals surface area contributed by atoms with Crippen LogP contribution < -0.4 is 11.1 Å². The quantitative estimate of drug-likeness (QED) is 0.862. The number of nitrogens with zero attached hydrogens (tertiary/aromatic N) is 2. The summed E-state index contributed by atoms with van der Waals surface area (Å²) < 4.78 is 0. The molecule has 1 heterocycles. The zero-order valence-corrected chi connectivity index (χ0v) is 11.4. The molecule has 19 heavy (non-hydrogen) atoms. The van der Waals surface area contributed by atoms with E-state index in [2.05, 4.69) is 53.4 Å². The molecule has 0 aliphatic heterocycles. The normalized spacial score (nSPS) is 12.2. The van der Waals surface area contributed by atoms with Crippen LogP contribution in [0.2, 0.25) is 0 Å². The van der Waals surface area contributed by atoms with Gasteiger partial charge in [-0.15, -0.1) is 0 Å². The third-order valence-electron chi connectivity index (χ3n) is 3.05. The second-order valence-corrected chi connectivity index (χ2v) is 4.88. The van der Waals surface area contributed by atoms with Crippen LogP contribution in [0.25, 0.3) is 11.1 Å². The van der Waals surface area contributed by atoms with E-state index >= 15 is 0 Å². The lowest BCUT2D eigenvalue weighted by Crippen LogP contribution is -2.20.